The van der Waals surface area contributed by atoms with Crippen molar-refractivity contribution in [3.63, 3.8) is 0 Å². The van der Waals surface area contributed by atoms with Crippen LogP contribution in [0.3, 0.4) is 0 Å². The summed E-state index contributed by atoms with van der Waals surface area (Å²) in [7, 11) is 1.49. The van der Waals surface area contributed by atoms with E-state index >= 15 is 0 Å². The Kier molecular flexibility index (Phi) is 4.16. The second-order valence-electron chi connectivity index (χ2n) is 3.76. The van der Waals surface area contributed by atoms with Crippen LogP contribution in [-0.2, 0) is 7.05 Å². The van der Waals surface area contributed by atoms with Crippen molar-refractivity contribution in [2.45, 2.75) is 0 Å². The molecule has 1 heterocycles. The van der Waals surface area contributed by atoms with Crippen LogP contribution in [0.15, 0.2) is 44.1 Å². The van der Waals surface area contributed by atoms with E-state index in [0.29, 0.717) is 5.69 Å². The number of amides is 1. The molecule has 2 aromatic rings. The summed E-state index contributed by atoms with van der Waals surface area (Å²) < 4.78 is 2.77. The van der Waals surface area contributed by atoms with Crippen molar-refractivity contribution >= 4 is 43.5 Å². The van der Waals surface area contributed by atoms with Crippen LogP contribution in [0.2, 0.25) is 0 Å². The van der Waals surface area contributed by atoms with Gasteiger partial charge < -0.3 is 5.32 Å². The molecule has 0 spiro atoms. The number of aromatic nitrogens is 2. The fraction of sp³-hybridized carbons (Fsp3) is 0.0833. The van der Waals surface area contributed by atoms with E-state index < -0.39 is 0 Å². The van der Waals surface area contributed by atoms with Crippen LogP contribution in [0.25, 0.3) is 0 Å². The average Bonchev–Trinajstić information content (AvgIpc) is 2.36. The van der Waals surface area contributed by atoms with E-state index in [1.165, 1.54) is 19.2 Å². The predicted molar refractivity (Wildman–Crippen MR) is 79.3 cm³/mol. The van der Waals surface area contributed by atoms with Crippen molar-refractivity contribution in [1.29, 1.82) is 0 Å². The molecule has 0 saturated carbocycles. The number of carbonyl (C=O) groups is 1. The molecule has 2 rings (SSSR count). The Bertz CT molecular complexity index is 698. The first kappa shape index (κ1) is 14.0. The Morgan fingerprint density at radius 1 is 1.26 bits per heavy atom. The molecule has 1 N–H and O–H groups in total. The van der Waals surface area contributed by atoms with E-state index in [4.69, 9.17) is 0 Å². The molecule has 0 bridgehead atoms. The minimum Gasteiger partial charge on any atom is -0.320 e. The molecule has 7 heteroatoms. The third-order valence-corrected chi connectivity index (χ3v) is 3.52. The molecule has 1 aromatic heterocycles. The average molecular weight is 387 g/mol. The van der Waals surface area contributed by atoms with Crippen molar-refractivity contribution in [2.75, 3.05) is 5.32 Å². The quantitative estimate of drug-likeness (QED) is 0.862. The lowest BCUT2D eigenvalue weighted by molar-refractivity contribution is 0.102. The normalized spacial score (nSPS) is 10.3. The smallest absolute Gasteiger partial charge is 0.276 e. The third-order valence-electron chi connectivity index (χ3n) is 2.37. The van der Waals surface area contributed by atoms with E-state index in [9.17, 15) is 9.59 Å². The van der Waals surface area contributed by atoms with Gasteiger partial charge in [0.25, 0.3) is 11.5 Å². The predicted octanol–water partition coefficient (Wildman–Crippen LogP) is 2.56. The van der Waals surface area contributed by atoms with E-state index in [1.54, 1.807) is 6.07 Å². The zero-order valence-corrected chi connectivity index (χ0v) is 13.0. The maximum Gasteiger partial charge on any atom is 0.276 e. The minimum atomic E-state index is -0.376. The molecule has 0 aliphatic heterocycles. The number of rotatable bonds is 2. The van der Waals surface area contributed by atoms with Crippen LogP contribution in [0.5, 0.6) is 0 Å². The fourth-order valence-corrected chi connectivity index (χ4v) is 2.55. The number of halogens is 2. The number of hydrogen-bond donors (Lipinski definition) is 1. The first-order valence-electron chi connectivity index (χ1n) is 5.28. The van der Waals surface area contributed by atoms with Gasteiger partial charge in [0.15, 0.2) is 0 Å². The van der Waals surface area contributed by atoms with Crippen LogP contribution < -0.4 is 10.9 Å². The lowest BCUT2D eigenvalue weighted by Gasteiger charge is -2.07. The minimum absolute atomic E-state index is 0.178. The van der Waals surface area contributed by atoms with Gasteiger partial charge in [0, 0.05) is 22.1 Å². The maximum absolute atomic E-state index is 12.0. The van der Waals surface area contributed by atoms with Crippen molar-refractivity contribution in [2.24, 2.45) is 7.05 Å². The number of hydrogen-bond acceptors (Lipinski definition) is 3. The van der Waals surface area contributed by atoms with Crippen molar-refractivity contribution in [1.82, 2.24) is 9.78 Å². The number of aryl methyl sites for hydroxylation is 1. The summed E-state index contributed by atoms with van der Waals surface area (Å²) in [5.41, 5.74) is 0.544. The summed E-state index contributed by atoms with van der Waals surface area (Å²) in [6.07, 6.45) is 0. The topological polar surface area (TPSA) is 64.0 Å². The van der Waals surface area contributed by atoms with Gasteiger partial charge in [0.1, 0.15) is 5.69 Å². The number of anilines is 1. The van der Waals surface area contributed by atoms with E-state index in [-0.39, 0.29) is 17.2 Å². The van der Waals surface area contributed by atoms with Gasteiger partial charge in [-0.25, -0.2) is 4.68 Å². The number of nitrogens with zero attached hydrogens (tertiary/aromatic N) is 2. The SMILES string of the molecule is Cn1nc(C(=O)Nc2ccc(Br)cc2Br)ccc1=O. The molecule has 19 heavy (non-hydrogen) atoms. The van der Waals surface area contributed by atoms with Crippen molar-refractivity contribution < 1.29 is 4.79 Å². The summed E-state index contributed by atoms with van der Waals surface area (Å²) in [6, 6.07) is 8.09. The van der Waals surface area contributed by atoms with E-state index in [0.717, 1.165) is 13.6 Å². The van der Waals surface area contributed by atoms with Crippen LogP contribution >= 0.6 is 31.9 Å². The van der Waals surface area contributed by atoms with Crippen LogP contribution in [0.4, 0.5) is 5.69 Å². The molecular formula is C12H9Br2N3O2. The van der Waals surface area contributed by atoms with Crippen LogP contribution in [0.1, 0.15) is 10.5 Å². The van der Waals surface area contributed by atoms with Gasteiger partial charge in [0.2, 0.25) is 0 Å². The summed E-state index contributed by atoms with van der Waals surface area (Å²) in [5, 5.41) is 6.60. The molecule has 0 atom stereocenters. The zero-order chi connectivity index (χ0) is 14.0. The Morgan fingerprint density at radius 3 is 2.63 bits per heavy atom. The van der Waals surface area contributed by atoms with Gasteiger partial charge in [-0.1, -0.05) is 15.9 Å². The summed E-state index contributed by atoms with van der Waals surface area (Å²) >= 11 is 6.69. The van der Waals surface area contributed by atoms with Crippen LogP contribution in [0, 0.1) is 0 Å². The molecule has 0 unspecified atom stereocenters. The largest absolute Gasteiger partial charge is 0.320 e. The number of carbonyl (C=O) groups excluding carboxylic acids is 1. The van der Waals surface area contributed by atoms with Crippen molar-refractivity contribution in [3.8, 4) is 0 Å². The summed E-state index contributed by atoms with van der Waals surface area (Å²) in [4.78, 5) is 23.2. The summed E-state index contributed by atoms with van der Waals surface area (Å²) in [6.45, 7) is 0. The number of nitrogens with one attached hydrogen (secondary N) is 1. The van der Waals surface area contributed by atoms with E-state index in [1.807, 2.05) is 12.1 Å². The highest BCUT2D eigenvalue weighted by molar-refractivity contribution is 9.11. The van der Waals surface area contributed by atoms with Gasteiger partial charge in [-0.2, -0.15) is 5.10 Å². The van der Waals surface area contributed by atoms with Gasteiger partial charge in [-0.05, 0) is 40.2 Å². The first-order chi connectivity index (χ1) is 8.97. The first-order valence-corrected chi connectivity index (χ1v) is 6.87. The van der Waals surface area contributed by atoms with E-state index in [2.05, 4.69) is 42.3 Å². The standard InChI is InChI=1S/C12H9Br2N3O2/c1-17-11(18)5-4-10(16-17)12(19)15-9-3-2-7(13)6-8(9)14/h2-6H,1H3,(H,15,19). The molecule has 0 aliphatic rings. The monoisotopic (exact) mass is 385 g/mol. The molecule has 0 aliphatic carbocycles. The molecule has 0 fully saturated rings. The highest BCUT2D eigenvalue weighted by atomic mass is 79.9. The lowest BCUT2D eigenvalue weighted by Crippen LogP contribution is -2.23. The lowest BCUT2D eigenvalue weighted by atomic mass is 10.3. The van der Waals surface area contributed by atoms with Gasteiger partial charge >= 0.3 is 0 Å². The third kappa shape index (κ3) is 3.30. The van der Waals surface area contributed by atoms with Crippen molar-refractivity contribution in [3.05, 3.63) is 55.3 Å². The zero-order valence-electron chi connectivity index (χ0n) is 9.85. The Morgan fingerprint density at radius 2 is 2.00 bits per heavy atom. The van der Waals surface area contributed by atoms with Gasteiger partial charge in [0.05, 0.1) is 5.69 Å². The molecule has 1 aromatic carbocycles. The molecule has 98 valence electrons. The highest BCUT2D eigenvalue weighted by Crippen LogP contribution is 2.26. The second-order valence-corrected chi connectivity index (χ2v) is 5.53. The molecule has 0 radical (unpaired) electrons. The maximum atomic E-state index is 12.0. The Labute approximate surface area is 125 Å². The molecule has 1 amide bonds. The molecular weight excluding hydrogens is 378 g/mol. The van der Waals surface area contributed by atoms with Gasteiger partial charge in [-0.3, -0.25) is 9.59 Å². The Hall–Kier alpha value is -1.47. The fourth-order valence-electron chi connectivity index (χ4n) is 1.40. The number of benzene rings is 1. The summed E-state index contributed by atoms with van der Waals surface area (Å²) in [5.74, 6) is -0.376. The Balaban J connectivity index is 2.25. The highest BCUT2D eigenvalue weighted by Gasteiger charge is 2.10. The molecule has 0 saturated heterocycles. The second kappa shape index (κ2) is 5.66. The van der Waals surface area contributed by atoms with Gasteiger partial charge in [-0.15, -0.1) is 0 Å². The molecule has 5 nitrogen and oxygen atoms in total. The van der Waals surface area contributed by atoms with Crippen LogP contribution in [-0.4, -0.2) is 15.7 Å².